The minimum Gasteiger partial charge on any atom is -0.481 e. The van der Waals surface area contributed by atoms with Gasteiger partial charge in [0.05, 0.1) is 22.7 Å². The van der Waals surface area contributed by atoms with E-state index in [0.717, 1.165) is 62.2 Å². The Kier molecular flexibility index (Phi) is 9.03. The highest BCUT2D eigenvalue weighted by molar-refractivity contribution is 7.16. The van der Waals surface area contributed by atoms with Crippen LogP contribution in [-0.4, -0.2) is 76.2 Å². The van der Waals surface area contributed by atoms with Crippen molar-refractivity contribution in [2.24, 2.45) is 0 Å². The summed E-state index contributed by atoms with van der Waals surface area (Å²) in [6, 6.07) is 8.19. The van der Waals surface area contributed by atoms with E-state index in [-0.39, 0.29) is 11.4 Å². The number of hydrogen-bond donors (Lipinski definition) is 2. The van der Waals surface area contributed by atoms with E-state index >= 15 is 0 Å². The van der Waals surface area contributed by atoms with E-state index in [0.29, 0.717) is 41.3 Å². The van der Waals surface area contributed by atoms with Crippen LogP contribution in [0.15, 0.2) is 36.5 Å². The molecule has 2 N–H and O–H groups in total. The van der Waals surface area contributed by atoms with Crippen molar-refractivity contribution in [3.05, 3.63) is 52.0 Å². The molecule has 2 fully saturated rings. The van der Waals surface area contributed by atoms with Gasteiger partial charge >= 0.3 is 12.1 Å². The molecule has 1 aromatic carbocycles. The number of nitrogens with zero attached hydrogens (tertiary/aromatic N) is 5. The van der Waals surface area contributed by atoms with E-state index in [2.05, 4.69) is 31.9 Å². The Labute approximate surface area is 245 Å². The molecule has 0 radical (unpaired) electrons. The van der Waals surface area contributed by atoms with E-state index in [1.807, 2.05) is 12.1 Å². The van der Waals surface area contributed by atoms with Crippen LogP contribution in [0.5, 0.6) is 0 Å². The summed E-state index contributed by atoms with van der Waals surface area (Å²) < 4.78 is 40.9. The molecule has 0 spiro atoms. The third kappa shape index (κ3) is 7.29. The molecule has 2 aromatic heterocycles. The second-order valence-corrected chi connectivity index (χ2v) is 11.9. The lowest BCUT2D eigenvalue weighted by molar-refractivity contribution is -0.138. The summed E-state index contributed by atoms with van der Waals surface area (Å²) in [6.07, 6.45) is -0.553. The predicted octanol–water partition coefficient (Wildman–Crippen LogP) is 6.20. The highest BCUT2D eigenvalue weighted by Gasteiger charge is 2.34. The minimum absolute atomic E-state index is 0.130. The molecule has 2 aliphatic rings. The maximum atomic E-state index is 13.6. The van der Waals surface area contributed by atoms with E-state index in [4.69, 9.17) is 21.7 Å². The topological polar surface area (TPSA) is 84.8 Å². The average Bonchev–Trinajstić information content (AvgIpc) is 3.53. The number of hydrogen-bond acceptors (Lipinski definition) is 8. The van der Waals surface area contributed by atoms with Gasteiger partial charge in [0.1, 0.15) is 5.82 Å². The Morgan fingerprint density at radius 2 is 1.95 bits per heavy atom. The first-order valence-electron chi connectivity index (χ1n) is 13.6. The van der Waals surface area contributed by atoms with Gasteiger partial charge in [-0.2, -0.15) is 13.2 Å². The summed E-state index contributed by atoms with van der Waals surface area (Å²) in [5, 5.41) is 12.4. The maximum absolute atomic E-state index is 13.6. The van der Waals surface area contributed by atoms with Gasteiger partial charge in [0.2, 0.25) is 0 Å². The zero-order chi connectivity index (χ0) is 29.1. The number of aliphatic carboxylic acids is 1. The number of piperazine rings is 1. The first-order valence-corrected chi connectivity index (χ1v) is 14.8. The summed E-state index contributed by atoms with van der Waals surface area (Å²) in [4.78, 5) is 27.7. The number of halogens is 4. The number of benzene rings is 1. The highest BCUT2D eigenvalue weighted by atomic mass is 35.5. The number of carbonyl (C=O) groups is 1. The number of thiazole rings is 1. The Hall–Kier alpha value is -2.93. The zero-order valence-electron chi connectivity index (χ0n) is 22.6. The summed E-state index contributed by atoms with van der Waals surface area (Å²) >= 11 is 7.31. The predicted molar refractivity (Wildman–Crippen MR) is 155 cm³/mol. The fourth-order valence-electron chi connectivity index (χ4n) is 5.32. The van der Waals surface area contributed by atoms with Crippen LogP contribution in [-0.2, 0) is 17.5 Å². The van der Waals surface area contributed by atoms with Gasteiger partial charge in [0.15, 0.2) is 5.13 Å². The van der Waals surface area contributed by atoms with Crippen molar-refractivity contribution in [1.29, 1.82) is 0 Å². The lowest BCUT2D eigenvalue weighted by atomic mass is 10.1. The molecule has 2 saturated heterocycles. The van der Waals surface area contributed by atoms with Crippen LogP contribution in [0, 0.1) is 0 Å². The number of likely N-dealkylation sites (tertiary alicyclic amines) is 1. The molecular formula is C28H32ClF3N6O2S. The van der Waals surface area contributed by atoms with Crippen LogP contribution in [0.4, 0.5) is 29.8 Å². The number of rotatable bonds is 9. The summed E-state index contributed by atoms with van der Waals surface area (Å²) in [5.74, 6) is -0.207. The van der Waals surface area contributed by atoms with Crippen molar-refractivity contribution >= 4 is 45.5 Å². The third-order valence-electron chi connectivity index (χ3n) is 7.64. The SMILES string of the molecule is C[C@@H]1CCCN1Cc1sc(Nc2cc(N3CCN(CCC(=O)O)CC3)ccn2)nc1-c1ccc(Cl)c(C(F)(F)F)c1. The van der Waals surface area contributed by atoms with Crippen molar-refractivity contribution in [1.82, 2.24) is 19.8 Å². The molecule has 8 nitrogen and oxygen atoms in total. The molecule has 4 heterocycles. The van der Waals surface area contributed by atoms with Crippen molar-refractivity contribution < 1.29 is 23.1 Å². The second-order valence-electron chi connectivity index (χ2n) is 10.4. The van der Waals surface area contributed by atoms with E-state index in [1.54, 1.807) is 12.3 Å². The molecule has 1 atom stereocenters. The lowest BCUT2D eigenvalue weighted by Gasteiger charge is -2.35. The molecule has 0 saturated carbocycles. The molecule has 3 aromatic rings. The van der Waals surface area contributed by atoms with Crippen LogP contribution in [0.2, 0.25) is 5.02 Å². The van der Waals surface area contributed by atoms with Crippen molar-refractivity contribution in [2.75, 3.05) is 49.5 Å². The maximum Gasteiger partial charge on any atom is 0.417 e. The number of aromatic nitrogens is 2. The molecule has 13 heteroatoms. The standard InChI is InChI=1S/C28H32ClF3N6O2S/c1-18-3-2-9-38(18)17-23-26(19-4-5-22(29)21(15-19)28(30,31)32)35-27(41-23)34-24-16-20(6-8-33-24)37-13-11-36(12-14-37)10-7-25(39)40/h4-6,8,15-16,18H,2-3,7,9-14,17H2,1H3,(H,39,40)(H,33,34,35)/t18-/m1/s1. The normalized spacial score (nSPS) is 18.7. The molecule has 41 heavy (non-hydrogen) atoms. The fourth-order valence-corrected chi connectivity index (χ4v) is 6.56. The molecule has 0 unspecified atom stereocenters. The van der Waals surface area contributed by atoms with E-state index in [9.17, 15) is 18.0 Å². The van der Waals surface area contributed by atoms with Gasteiger partial charge < -0.3 is 15.3 Å². The highest BCUT2D eigenvalue weighted by Crippen LogP contribution is 2.40. The quantitative estimate of drug-likeness (QED) is 0.297. The Balaban J connectivity index is 1.37. The summed E-state index contributed by atoms with van der Waals surface area (Å²) in [7, 11) is 0. The van der Waals surface area contributed by atoms with E-state index in [1.165, 1.54) is 17.4 Å². The van der Waals surface area contributed by atoms with Crippen LogP contribution < -0.4 is 10.2 Å². The summed E-state index contributed by atoms with van der Waals surface area (Å²) in [6.45, 7) is 7.30. The molecule has 0 bridgehead atoms. The molecule has 2 aliphatic heterocycles. The van der Waals surface area contributed by atoms with Crippen LogP contribution in [0.25, 0.3) is 11.3 Å². The van der Waals surface area contributed by atoms with Crippen molar-refractivity contribution in [3.8, 4) is 11.3 Å². The number of anilines is 3. The van der Waals surface area contributed by atoms with E-state index < -0.39 is 17.7 Å². The second kappa shape index (κ2) is 12.5. The lowest BCUT2D eigenvalue weighted by Crippen LogP contribution is -2.46. The number of carboxylic acid groups (broad SMARTS) is 1. The first-order chi connectivity index (χ1) is 19.6. The van der Waals surface area contributed by atoms with Crippen molar-refractivity contribution in [2.45, 2.75) is 44.9 Å². The largest absolute Gasteiger partial charge is 0.481 e. The summed E-state index contributed by atoms with van der Waals surface area (Å²) in [5.41, 5.74) is 0.982. The molecule has 5 rings (SSSR count). The Morgan fingerprint density at radius 1 is 1.17 bits per heavy atom. The minimum atomic E-state index is -4.57. The van der Waals surface area contributed by atoms with Crippen LogP contribution in [0.3, 0.4) is 0 Å². The Morgan fingerprint density at radius 3 is 2.63 bits per heavy atom. The number of pyridine rings is 1. The van der Waals surface area contributed by atoms with Gasteiger partial charge in [-0.3, -0.25) is 14.6 Å². The van der Waals surface area contributed by atoms with Gasteiger partial charge in [-0.1, -0.05) is 29.0 Å². The van der Waals surface area contributed by atoms with Gasteiger partial charge in [-0.15, -0.1) is 0 Å². The van der Waals surface area contributed by atoms with Gasteiger partial charge in [-0.25, -0.2) is 9.97 Å². The Bertz CT molecular complexity index is 1380. The molecular weight excluding hydrogens is 577 g/mol. The zero-order valence-corrected chi connectivity index (χ0v) is 24.2. The van der Waals surface area contributed by atoms with Gasteiger partial charge in [0.25, 0.3) is 0 Å². The first kappa shape index (κ1) is 29.6. The average molecular weight is 609 g/mol. The fraction of sp³-hybridized carbons (Fsp3) is 0.464. The smallest absolute Gasteiger partial charge is 0.417 e. The molecule has 220 valence electrons. The number of nitrogens with one attached hydrogen (secondary N) is 1. The van der Waals surface area contributed by atoms with Crippen LogP contribution in [0.1, 0.15) is 36.6 Å². The number of alkyl halides is 3. The van der Waals surface area contributed by atoms with Gasteiger partial charge in [-0.05, 0) is 44.5 Å². The number of carboxylic acids is 1. The molecule has 0 aliphatic carbocycles. The van der Waals surface area contributed by atoms with Gasteiger partial charge in [0, 0.05) is 73.7 Å². The van der Waals surface area contributed by atoms with Crippen LogP contribution >= 0.6 is 22.9 Å². The third-order valence-corrected chi connectivity index (χ3v) is 8.92. The van der Waals surface area contributed by atoms with Crippen molar-refractivity contribution in [3.63, 3.8) is 0 Å². The monoisotopic (exact) mass is 608 g/mol. The molecule has 0 amide bonds.